The summed E-state index contributed by atoms with van der Waals surface area (Å²) in [5.74, 6) is 0.781. The molecule has 2 aromatic rings. The maximum atomic E-state index is 6.21. The molecule has 2 rings (SSSR count). The van der Waals surface area contributed by atoms with Gasteiger partial charge in [-0.1, -0.05) is 51.1 Å². The van der Waals surface area contributed by atoms with E-state index >= 15 is 0 Å². The summed E-state index contributed by atoms with van der Waals surface area (Å²) in [6.07, 6.45) is 3.63. The average Bonchev–Trinajstić information content (AvgIpc) is 2.53. The van der Waals surface area contributed by atoms with Crippen molar-refractivity contribution in [1.82, 2.24) is 9.88 Å². The highest BCUT2D eigenvalue weighted by atomic mass is 16.5. The minimum absolute atomic E-state index is 0.0444. The van der Waals surface area contributed by atoms with Crippen molar-refractivity contribution < 1.29 is 4.74 Å². The van der Waals surface area contributed by atoms with Crippen LogP contribution in [0, 0.1) is 0 Å². The Morgan fingerprint density at radius 3 is 2.54 bits per heavy atom. The number of hydrogen-bond donors (Lipinski definition) is 1. The van der Waals surface area contributed by atoms with Gasteiger partial charge < -0.3 is 15.4 Å². The molecular formula is C20H29N3O. The monoisotopic (exact) mass is 327 g/mol. The summed E-state index contributed by atoms with van der Waals surface area (Å²) in [6.45, 7) is 8.64. The lowest BCUT2D eigenvalue weighted by Crippen LogP contribution is -2.39. The third-order valence-electron chi connectivity index (χ3n) is 3.88. The van der Waals surface area contributed by atoms with Gasteiger partial charge in [0.05, 0.1) is 12.2 Å². The summed E-state index contributed by atoms with van der Waals surface area (Å²) in [7, 11) is 2.08. The molecule has 0 aliphatic rings. The Labute approximate surface area is 145 Å². The molecule has 0 aliphatic heterocycles. The Morgan fingerprint density at radius 2 is 1.88 bits per heavy atom. The highest BCUT2D eigenvalue weighted by Crippen LogP contribution is 2.24. The first kappa shape index (κ1) is 18.4. The van der Waals surface area contributed by atoms with Crippen LogP contribution < -0.4 is 10.5 Å². The van der Waals surface area contributed by atoms with Crippen molar-refractivity contribution in [2.45, 2.75) is 38.8 Å². The maximum Gasteiger partial charge on any atom is 0.137 e. The predicted octanol–water partition coefficient (Wildman–Crippen LogP) is 3.22. The zero-order valence-electron chi connectivity index (χ0n) is 15.2. The van der Waals surface area contributed by atoms with Crippen molar-refractivity contribution in [2.24, 2.45) is 5.73 Å². The Kier molecular flexibility index (Phi) is 6.35. The Bertz CT molecular complexity index is 622. The molecular weight excluding hydrogens is 298 g/mol. The van der Waals surface area contributed by atoms with Crippen LogP contribution in [0.5, 0.6) is 5.75 Å². The molecule has 4 nitrogen and oxygen atoms in total. The molecule has 0 unspecified atom stereocenters. The molecule has 4 heteroatoms. The number of hydrogen-bond acceptors (Lipinski definition) is 4. The van der Waals surface area contributed by atoms with Crippen LogP contribution in [-0.2, 0) is 12.0 Å². The van der Waals surface area contributed by atoms with Crippen LogP contribution in [0.4, 0.5) is 0 Å². The van der Waals surface area contributed by atoms with E-state index in [0.29, 0.717) is 6.61 Å². The van der Waals surface area contributed by atoms with Crippen molar-refractivity contribution in [1.29, 1.82) is 0 Å². The van der Waals surface area contributed by atoms with E-state index in [-0.39, 0.29) is 11.5 Å². The van der Waals surface area contributed by atoms with Gasteiger partial charge in [-0.15, -0.1) is 0 Å². The Hall–Kier alpha value is -1.91. The number of likely N-dealkylation sites (N-methyl/N-ethyl adjacent to an activating group) is 1. The molecule has 24 heavy (non-hydrogen) atoms. The van der Waals surface area contributed by atoms with E-state index in [1.807, 2.05) is 18.3 Å². The molecule has 0 saturated carbocycles. The van der Waals surface area contributed by atoms with Gasteiger partial charge >= 0.3 is 0 Å². The van der Waals surface area contributed by atoms with E-state index in [9.17, 15) is 0 Å². The minimum atomic E-state index is -0.0444. The van der Waals surface area contributed by atoms with E-state index in [1.165, 1.54) is 5.56 Å². The molecule has 0 bridgehead atoms. The van der Waals surface area contributed by atoms with Gasteiger partial charge in [0.2, 0.25) is 0 Å². The third-order valence-corrected chi connectivity index (χ3v) is 3.88. The lowest BCUT2D eigenvalue weighted by Gasteiger charge is -2.22. The third kappa shape index (κ3) is 5.95. The van der Waals surface area contributed by atoms with Crippen molar-refractivity contribution in [2.75, 3.05) is 20.2 Å². The van der Waals surface area contributed by atoms with Gasteiger partial charge in [-0.3, -0.25) is 4.98 Å². The van der Waals surface area contributed by atoms with Crippen molar-refractivity contribution in [3.05, 3.63) is 59.9 Å². The van der Waals surface area contributed by atoms with E-state index < -0.39 is 0 Å². The molecule has 1 atom stereocenters. The molecule has 1 heterocycles. The standard InChI is InChI=1S/C20H29N3O/c1-20(2,3)17-10-19(12-22-11-17)24-15-18(21)14-23(4)13-16-8-6-5-7-9-16/h5-12,18H,13-15,21H2,1-4H3/t18-/m0/s1. The zero-order valence-corrected chi connectivity index (χ0v) is 15.2. The highest BCUT2D eigenvalue weighted by molar-refractivity contribution is 5.28. The Morgan fingerprint density at radius 1 is 1.17 bits per heavy atom. The average molecular weight is 327 g/mol. The van der Waals surface area contributed by atoms with Crippen LogP contribution in [0.1, 0.15) is 31.9 Å². The fourth-order valence-corrected chi connectivity index (χ4v) is 2.52. The number of benzene rings is 1. The lowest BCUT2D eigenvalue weighted by molar-refractivity contribution is 0.232. The van der Waals surface area contributed by atoms with Gasteiger partial charge in [-0.05, 0) is 29.7 Å². The summed E-state index contributed by atoms with van der Waals surface area (Å²) in [5.41, 5.74) is 8.72. The van der Waals surface area contributed by atoms with Crippen LogP contribution in [0.3, 0.4) is 0 Å². The van der Waals surface area contributed by atoms with Gasteiger partial charge in [-0.25, -0.2) is 0 Å². The molecule has 1 aromatic carbocycles. The van der Waals surface area contributed by atoms with Gasteiger partial charge in [-0.2, -0.15) is 0 Å². The normalized spacial score (nSPS) is 13.1. The van der Waals surface area contributed by atoms with Crippen LogP contribution in [0.25, 0.3) is 0 Å². The number of nitrogens with zero attached hydrogens (tertiary/aromatic N) is 2. The molecule has 2 N–H and O–H groups in total. The van der Waals surface area contributed by atoms with Gasteiger partial charge in [0.25, 0.3) is 0 Å². The van der Waals surface area contributed by atoms with Crippen molar-refractivity contribution in [3.8, 4) is 5.75 Å². The first-order chi connectivity index (χ1) is 11.3. The highest BCUT2D eigenvalue weighted by Gasteiger charge is 2.15. The topological polar surface area (TPSA) is 51.4 Å². The molecule has 0 amide bonds. The number of pyridine rings is 1. The molecule has 0 aliphatic carbocycles. The number of nitrogens with two attached hydrogens (primary N) is 1. The Balaban J connectivity index is 1.81. The van der Waals surface area contributed by atoms with E-state index in [1.54, 1.807) is 6.20 Å². The second-order valence-electron chi connectivity index (χ2n) is 7.41. The summed E-state index contributed by atoms with van der Waals surface area (Å²) < 4.78 is 5.84. The van der Waals surface area contributed by atoms with Crippen molar-refractivity contribution >= 4 is 0 Å². The largest absolute Gasteiger partial charge is 0.490 e. The summed E-state index contributed by atoms with van der Waals surface area (Å²) >= 11 is 0. The zero-order chi connectivity index (χ0) is 17.6. The quantitative estimate of drug-likeness (QED) is 0.848. The fraction of sp³-hybridized carbons (Fsp3) is 0.450. The van der Waals surface area contributed by atoms with Crippen LogP contribution >= 0.6 is 0 Å². The van der Waals surface area contributed by atoms with Crippen LogP contribution in [0.2, 0.25) is 0 Å². The van der Waals surface area contributed by atoms with Gasteiger partial charge in [0, 0.05) is 19.3 Å². The molecule has 0 saturated heterocycles. The molecule has 1 aromatic heterocycles. The van der Waals surface area contributed by atoms with E-state index in [4.69, 9.17) is 10.5 Å². The molecule has 0 spiro atoms. The van der Waals surface area contributed by atoms with Crippen LogP contribution in [0.15, 0.2) is 48.8 Å². The van der Waals surface area contributed by atoms with Crippen molar-refractivity contribution in [3.63, 3.8) is 0 Å². The van der Waals surface area contributed by atoms with E-state index in [0.717, 1.165) is 24.4 Å². The van der Waals surface area contributed by atoms with E-state index in [2.05, 4.69) is 62.0 Å². The first-order valence-corrected chi connectivity index (χ1v) is 8.41. The first-order valence-electron chi connectivity index (χ1n) is 8.41. The number of aromatic nitrogens is 1. The van der Waals surface area contributed by atoms with Gasteiger partial charge in [0.15, 0.2) is 0 Å². The maximum absolute atomic E-state index is 6.21. The molecule has 130 valence electrons. The fourth-order valence-electron chi connectivity index (χ4n) is 2.52. The molecule has 0 radical (unpaired) electrons. The lowest BCUT2D eigenvalue weighted by atomic mass is 9.88. The smallest absolute Gasteiger partial charge is 0.137 e. The second kappa shape index (κ2) is 8.27. The second-order valence-corrected chi connectivity index (χ2v) is 7.41. The summed E-state index contributed by atoms with van der Waals surface area (Å²) in [5, 5.41) is 0. The molecule has 0 fully saturated rings. The van der Waals surface area contributed by atoms with Crippen LogP contribution in [-0.4, -0.2) is 36.1 Å². The summed E-state index contributed by atoms with van der Waals surface area (Å²) in [4.78, 5) is 6.49. The predicted molar refractivity (Wildman–Crippen MR) is 99.2 cm³/mol. The number of rotatable bonds is 7. The SMILES string of the molecule is CN(Cc1ccccc1)C[C@H](N)COc1cncc(C(C)(C)C)c1. The summed E-state index contributed by atoms with van der Waals surface area (Å²) in [6, 6.07) is 12.4. The number of ether oxygens (including phenoxy) is 1. The minimum Gasteiger partial charge on any atom is -0.490 e. The van der Waals surface area contributed by atoms with Gasteiger partial charge in [0.1, 0.15) is 12.4 Å².